The Bertz CT molecular complexity index is 786. The molecule has 0 spiro atoms. The summed E-state index contributed by atoms with van der Waals surface area (Å²) in [5.41, 5.74) is 1.85. The van der Waals surface area contributed by atoms with Crippen molar-refractivity contribution in [2.24, 2.45) is 0 Å². The van der Waals surface area contributed by atoms with E-state index in [1.54, 1.807) is 19.2 Å². The van der Waals surface area contributed by atoms with Gasteiger partial charge in [0.05, 0.1) is 17.7 Å². The number of piperazine rings is 1. The van der Waals surface area contributed by atoms with Crippen LogP contribution in [0.3, 0.4) is 0 Å². The van der Waals surface area contributed by atoms with Gasteiger partial charge in [-0.3, -0.25) is 14.9 Å². The number of carbonyl (C=O) groups excluding carboxylic acids is 1. The van der Waals surface area contributed by atoms with Crippen LogP contribution in [0.5, 0.6) is 5.75 Å². The molecular weight excluding hydrogens is 322 g/mol. The summed E-state index contributed by atoms with van der Waals surface area (Å²) in [6.45, 7) is 2.76. The van der Waals surface area contributed by atoms with E-state index in [1.165, 1.54) is 6.07 Å². The number of benzene rings is 2. The quantitative estimate of drug-likeness (QED) is 0.473. The second kappa shape index (κ2) is 7.21. The number of carbonyl (C=O) groups is 1. The van der Waals surface area contributed by atoms with E-state index in [1.807, 2.05) is 29.2 Å². The molecule has 0 aromatic heterocycles. The van der Waals surface area contributed by atoms with E-state index in [4.69, 9.17) is 4.74 Å². The molecule has 1 fully saturated rings. The molecule has 2 aromatic rings. The number of nitro benzene ring substituents is 1. The van der Waals surface area contributed by atoms with E-state index in [0.717, 1.165) is 24.5 Å². The molecule has 1 heterocycles. The molecule has 1 saturated heterocycles. The highest BCUT2D eigenvalue weighted by Crippen LogP contribution is 2.32. The smallest absolute Gasteiger partial charge is 0.293 e. The van der Waals surface area contributed by atoms with Gasteiger partial charge in [0.2, 0.25) is 0 Å². The SMILES string of the molecule is COc1ccccc1N1CCN(c2ccc(C=O)cc2[N+](=O)[O-])CC1. The third kappa shape index (κ3) is 3.40. The van der Waals surface area contributed by atoms with Crippen molar-refractivity contribution in [3.8, 4) is 5.75 Å². The second-order valence-corrected chi connectivity index (χ2v) is 5.77. The van der Waals surface area contributed by atoms with Crippen LogP contribution < -0.4 is 14.5 Å². The largest absolute Gasteiger partial charge is 0.495 e. The minimum atomic E-state index is -0.436. The maximum Gasteiger partial charge on any atom is 0.293 e. The lowest BCUT2D eigenvalue weighted by Gasteiger charge is -2.37. The van der Waals surface area contributed by atoms with Gasteiger partial charge in [-0.25, -0.2) is 0 Å². The molecule has 0 atom stereocenters. The molecule has 1 aliphatic rings. The lowest BCUT2D eigenvalue weighted by Crippen LogP contribution is -2.46. The zero-order valence-corrected chi connectivity index (χ0v) is 13.9. The van der Waals surface area contributed by atoms with Gasteiger partial charge >= 0.3 is 0 Å². The number of nitro groups is 1. The monoisotopic (exact) mass is 341 g/mol. The van der Waals surface area contributed by atoms with Gasteiger partial charge in [0.25, 0.3) is 5.69 Å². The first-order valence-corrected chi connectivity index (χ1v) is 8.00. The van der Waals surface area contributed by atoms with Gasteiger partial charge in [-0.1, -0.05) is 12.1 Å². The number of methoxy groups -OCH3 is 1. The number of nitrogens with zero attached hydrogens (tertiary/aromatic N) is 3. The van der Waals surface area contributed by atoms with Crippen LogP contribution >= 0.6 is 0 Å². The van der Waals surface area contributed by atoms with Gasteiger partial charge in [-0.2, -0.15) is 0 Å². The summed E-state index contributed by atoms with van der Waals surface area (Å²) in [5.74, 6) is 0.817. The molecule has 0 radical (unpaired) electrons. The molecule has 2 aromatic carbocycles. The molecule has 0 aliphatic carbocycles. The van der Waals surface area contributed by atoms with E-state index < -0.39 is 4.92 Å². The lowest BCUT2D eigenvalue weighted by atomic mass is 10.1. The maximum atomic E-state index is 11.3. The highest BCUT2D eigenvalue weighted by molar-refractivity contribution is 5.79. The van der Waals surface area contributed by atoms with E-state index >= 15 is 0 Å². The number of anilines is 2. The van der Waals surface area contributed by atoms with Gasteiger partial charge in [0, 0.05) is 37.8 Å². The highest BCUT2D eigenvalue weighted by Gasteiger charge is 2.25. The third-order valence-corrected chi connectivity index (χ3v) is 4.38. The fourth-order valence-electron chi connectivity index (χ4n) is 3.11. The average molecular weight is 341 g/mol. The Labute approximate surface area is 145 Å². The Balaban J connectivity index is 1.79. The van der Waals surface area contributed by atoms with E-state index in [-0.39, 0.29) is 5.69 Å². The van der Waals surface area contributed by atoms with Crippen molar-refractivity contribution in [2.75, 3.05) is 43.1 Å². The molecule has 0 bridgehead atoms. The van der Waals surface area contributed by atoms with Gasteiger partial charge in [0.15, 0.2) is 0 Å². The van der Waals surface area contributed by atoms with Gasteiger partial charge in [-0.15, -0.1) is 0 Å². The molecular formula is C18H19N3O4. The van der Waals surface area contributed by atoms with Gasteiger partial charge < -0.3 is 14.5 Å². The van der Waals surface area contributed by atoms with Crippen molar-refractivity contribution in [1.82, 2.24) is 0 Å². The Morgan fingerprint density at radius 3 is 2.28 bits per heavy atom. The summed E-state index contributed by atoms with van der Waals surface area (Å²) in [4.78, 5) is 26.0. The second-order valence-electron chi connectivity index (χ2n) is 5.77. The van der Waals surface area contributed by atoms with Crippen molar-refractivity contribution in [1.29, 1.82) is 0 Å². The molecule has 0 unspecified atom stereocenters. The van der Waals surface area contributed by atoms with Crippen LogP contribution in [0.2, 0.25) is 0 Å². The molecule has 0 N–H and O–H groups in total. The number of hydrogen-bond donors (Lipinski definition) is 0. The Hall–Kier alpha value is -3.09. The van der Waals surface area contributed by atoms with Crippen molar-refractivity contribution < 1.29 is 14.5 Å². The molecule has 1 aliphatic heterocycles. The first-order chi connectivity index (χ1) is 12.1. The number of aldehydes is 1. The Morgan fingerprint density at radius 1 is 1.04 bits per heavy atom. The minimum absolute atomic E-state index is 0.0321. The van der Waals surface area contributed by atoms with E-state index in [0.29, 0.717) is 30.6 Å². The van der Waals surface area contributed by atoms with Gasteiger partial charge in [0.1, 0.15) is 17.7 Å². The molecule has 0 amide bonds. The van der Waals surface area contributed by atoms with Crippen molar-refractivity contribution in [3.05, 3.63) is 58.1 Å². The van der Waals surface area contributed by atoms with Crippen LogP contribution in [0.1, 0.15) is 10.4 Å². The van der Waals surface area contributed by atoms with E-state index in [9.17, 15) is 14.9 Å². The molecule has 7 nitrogen and oxygen atoms in total. The molecule has 25 heavy (non-hydrogen) atoms. The van der Waals surface area contributed by atoms with Crippen molar-refractivity contribution in [3.63, 3.8) is 0 Å². The standard InChI is InChI=1S/C18H19N3O4/c1-25-18-5-3-2-4-16(18)20-10-8-19(9-11-20)15-7-6-14(13-22)12-17(15)21(23)24/h2-7,12-13H,8-11H2,1H3. The molecule has 3 rings (SSSR count). The zero-order valence-electron chi connectivity index (χ0n) is 13.9. The predicted octanol–water partition coefficient (Wildman–Crippen LogP) is 2.74. The van der Waals surface area contributed by atoms with E-state index in [2.05, 4.69) is 4.90 Å². The van der Waals surface area contributed by atoms with Crippen molar-refractivity contribution in [2.45, 2.75) is 0 Å². The Kier molecular flexibility index (Phi) is 4.83. The summed E-state index contributed by atoms with van der Waals surface area (Å²) < 4.78 is 5.41. The van der Waals surface area contributed by atoms with Crippen LogP contribution in [-0.4, -0.2) is 44.5 Å². The summed E-state index contributed by atoms with van der Waals surface area (Å²) in [6.07, 6.45) is 0.621. The van der Waals surface area contributed by atoms with Crippen LogP contribution in [0.4, 0.5) is 17.1 Å². The normalized spacial score (nSPS) is 14.3. The minimum Gasteiger partial charge on any atom is -0.495 e. The summed E-state index contributed by atoms with van der Waals surface area (Å²) in [6, 6.07) is 12.4. The van der Waals surface area contributed by atoms with Crippen LogP contribution in [0, 0.1) is 10.1 Å². The average Bonchev–Trinajstić information content (AvgIpc) is 2.67. The van der Waals surface area contributed by atoms with Crippen LogP contribution in [-0.2, 0) is 0 Å². The Morgan fingerprint density at radius 2 is 1.68 bits per heavy atom. The summed E-state index contributed by atoms with van der Waals surface area (Å²) in [7, 11) is 1.65. The first-order valence-electron chi connectivity index (χ1n) is 8.00. The van der Waals surface area contributed by atoms with Crippen LogP contribution in [0.15, 0.2) is 42.5 Å². The highest BCUT2D eigenvalue weighted by atomic mass is 16.6. The summed E-state index contributed by atoms with van der Waals surface area (Å²) >= 11 is 0. The van der Waals surface area contributed by atoms with Crippen molar-refractivity contribution >= 4 is 23.3 Å². The number of para-hydroxylation sites is 2. The number of ether oxygens (including phenoxy) is 1. The summed E-state index contributed by atoms with van der Waals surface area (Å²) in [5, 5.41) is 11.3. The number of hydrogen-bond acceptors (Lipinski definition) is 6. The third-order valence-electron chi connectivity index (χ3n) is 4.38. The maximum absolute atomic E-state index is 11.3. The molecule has 7 heteroatoms. The fourth-order valence-corrected chi connectivity index (χ4v) is 3.11. The number of rotatable bonds is 5. The first kappa shape index (κ1) is 16.8. The predicted molar refractivity (Wildman–Crippen MR) is 95.9 cm³/mol. The zero-order chi connectivity index (χ0) is 17.8. The van der Waals surface area contributed by atoms with Gasteiger partial charge in [-0.05, 0) is 24.3 Å². The topological polar surface area (TPSA) is 75.9 Å². The lowest BCUT2D eigenvalue weighted by molar-refractivity contribution is -0.384. The molecule has 0 saturated carbocycles. The fraction of sp³-hybridized carbons (Fsp3) is 0.278. The molecule has 130 valence electrons. The van der Waals surface area contributed by atoms with Crippen LogP contribution in [0.25, 0.3) is 0 Å².